The van der Waals surface area contributed by atoms with Gasteiger partial charge in [0.05, 0.1) is 19.2 Å². The first-order valence-corrected chi connectivity index (χ1v) is 8.71. The molecule has 0 saturated carbocycles. The van der Waals surface area contributed by atoms with E-state index in [1.807, 2.05) is 31.2 Å². The molecule has 0 amide bonds. The molecule has 1 aromatic carbocycles. The molecule has 2 aromatic rings. The Hall–Kier alpha value is -2.67. The molecule has 26 heavy (non-hydrogen) atoms. The van der Waals surface area contributed by atoms with Crippen LogP contribution in [0.1, 0.15) is 29.8 Å². The molecule has 0 spiro atoms. The molecule has 1 saturated heterocycles. The second-order valence-corrected chi connectivity index (χ2v) is 6.34. The van der Waals surface area contributed by atoms with Crippen molar-refractivity contribution in [1.29, 1.82) is 5.41 Å². The number of hydrogen-bond acceptors (Lipinski definition) is 6. The van der Waals surface area contributed by atoms with Crippen LogP contribution in [0, 0.1) is 12.3 Å². The number of aromatic nitrogens is 2. The summed E-state index contributed by atoms with van der Waals surface area (Å²) < 4.78 is 12.1. The summed E-state index contributed by atoms with van der Waals surface area (Å²) >= 11 is 0. The van der Waals surface area contributed by atoms with Crippen molar-refractivity contribution in [2.24, 2.45) is 0 Å². The van der Waals surface area contributed by atoms with Crippen LogP contribution in [0.25, 0.3) is 0 Å². The van der Waals surface area contributed by atoms with Gasteiger partial charge in [-0.1, -0.05) is 12.1 Å². The summed E-state index contributed by atoms with van der Waals surface area (Å²) in [5.74, 6) is 1.87. The minimum atomic E-state index is -0.210. The molecule has 0 bridgehead atoms. The van der Waals surface area contributed by atoms with Crippen LogP contribution in [0.5, 0.6) is 5.75 Å². The maximum absolute atomic E-state index is 12.9. The van der Waals surface area contributed by atoms with E-state index in [1.54, 1.807) is 11.7 Å². The molecule has 0 atom stereocenters. The third-order valence-corrected chi connectivity index (χ3v) is 4.60. The highest BCUT2D eigenvalue weighted by Gasteiger charge is 2.19. The van der Waals surface area contributed by atoms with Crippen LogP contribution in [-0.2, 0) is 11.3 Å². The molecule has 1 aromatic heterocycles. The molecular weight excluding hydrogens is 332 g/mol. The SMILES string of the molecule is COc1ccc(Cn2c(C)nc(NC3CCOCC3)c(C=N)c2=O)cc1. The Morgan fingerprint density at radius 1 is 1.35 bits per heavy atom. The molecule has 0 radical (unpaired) electrons. The Bertz CT molecular complexity index is 824. The molecule has 138 valence electrons. The quantitative estimate of drug-likeness (QED) is 0.775. The lowest BCUT2D eigenvalue weighted by molar-refractivity contribution is 0.0904. The van der Waals surface area contributed by atoms with Crippen LogP contribution in [0.4, 0.5) is 5.82 Å². The average molecular weight is 356 g/mol. The predicted molar refractivity (Wildman–Crippen MR) is 101 cm³/mol. The predicted octanol–water partition coefficient (Wildman–Crippen LogP) is 2.20. The van der Waals surface area contributed by atoms with E-state index >= 15 is 0 Å². The van der Waals surface area contributed by atoms with Crippen LogP contribution in [0.2, 0.25) is 0 Å². The summed E-state index contributed by atoms with van der Waals surface area (Å²) in [6.45, 7) is 3.62. The van der Waals surface area contributed by atoms with Crippen molar-refractivity contribution >= 4 is 12.0 Å². The summed E-state index contributed by atoms with van der Waals surface area (Å²) in [7, 11) is 1.62. The van der Waals surface area contributed by atoms with E-state index in [0.29, 0.717) is 31.4 Å². The lowest BCUT2D eigenvalue weighted by Gasteiger charge is -2.24. The lowest BCUT2D eigenvalue weighted by atomic mass is 10.1. The van der Waals surface area contributed by atoms with Crippen LogP contribution in [0.3, 0.4) is 0 Å². The fourth-order valence-electron chi connectivity index (χ4n) is 3.05. The van der Waals surface area contributed by atoms with Gasteiger partial charge in [-0.3, -0.25) is 9.36 Å². The number of rotatable bonds is 6. The van der Waals surface area contributed by atoms with Gasteiger partial charge in [0.2, 0.25) is 0 Å². The number of aryl methyl sites for hydroxylation is 1. The minimum Gasteiger partial charge on any atom is -0.497 e. The molecule has 1 aliphatic rings. The van der Waals surface area contributed by atoms with Gasteiger partial charge in [0, 0.05) is 25.5 Å². The van der Waals surface area contributed by atoms with E-state index < -0.39 is 0 Å². The third-order valence-electron chi connectivity index (χ3n) is 4.60. The van der Waals surface area contributed by atoms with E-state index in [2.05, 4.69) is 10.3 Å². The molecule has 0 aliphatic carbocycles. The van der Waals surface area contributed by atoms with Crippen LogP contribution in [-0.4, -0.2) is 42.1 Å². The van der Waals surface area contributed by atoms with E-state index in [9.17, 15) is 4.79 Å². The molecule has 2 N–H and O–H groups in total. The average Bonchev–Trinajstić information content (AvgIpc) is 2.66. The van der Waals surface area contributed by atoms with Gasteiger partial charge in [-0.05, 0) is 37.5 Å². The highest BCUT2D eigenvalue weighted by Crippen LogP contribution is 2.16. The molecule has 2 heterocycles. The first-order valence-electron chi connectivity index (χ1n) is 8.71. The molecule has 7 heteroatoms. The van der Waals surface area contributed by atoms with E-state index in [-0.39, 0.29) is 17.2 Å². The van der Waals surface area contributed by atoms with Gasteiger partial charge in [-0.15, -0.1) is 0 Å². The Morgan fingerprint density at radius 3 is 2.65 bits per heavy atom. The first-order chi connectivity index (χ1) is 12.6. The second kappa shape index (κ2) is 8.14. The van der Waals surface area contributed by atoms with Crippen molar-refractivity contribution in [3.63, 3.8) is 0 Å². The monoisotopic (exact) mass is 356 g/mol. The van der Waals surface area contributed by atoms with Gasteiger partial charge < -0.3 is 20.2 Å². The zero-order valence-corrected chi connectivity index (χ0v) is 15.1. The van der Waals surface area contributed by atoms with Crippen LogP contribution >= 0.6 is 0 Å². The molecular formula is C19H24N4O3. The summed E-state index contributed by atoms with van der Waals surface area (Å²) in [4.78, 5) is 17.5. The fourth-order valence-corrected chi connectivity index (χ4v) is 3.05. The summed E-state index contributed by atoms with van der Waals surface area (Å²) in [5, 5.41) is 11.0. The maximum Gasteiger partial charge on any atom is 0.264 e. The maximum atomic E-state index is 12.9. The van der Waals surface area contributed by atoms with E-state index in [1.165, 1.54) is 0 Å². The largest absolute Gasteiger partial charge is 0.497 e. The number of ether oxygens (including phenoxy) is 2. The van der Waals surface area contributed by atoms with Crippen LogP contribution < -0.4 is 15.6 Å². The van der Waals surface area contributed by atoms with Gasteiger partial charge in [-0.2, -0.15) is 0 Å². The number of methoxy groups -OCH3 is 1. The van der Waals surface area contributed by atoms with Crippen molar-refractivity contribution in [3.8, 4) is 5.75 Å². The Balaban J connectivity index is 1.88. The van der Waals surface area contributed by atoms with Gasteiger partial charge in [0.1, 0.15) is 17.4 Å². The molecule has 0 unspecified atom stereocenters. The Kier molecular flexibility index (Phi) is 5.68. The lowest BCUT2D eigenvalue weighted by Crippen LogP contribution is -2.33. The van der Waals surface area contributed by atoms with Crippen molar-refractivity contribution in [1.82, 2.24) is 9.55 Å². The van der Waals surface area contributed by atoms with Gasteiger partial charge in [-0.25, -0.2) is 4.98 Å². The standard InChI is InChI=1S/C19H24N4O3/c1-13-21-18(22-15-7-9-26-10-8-15)17(11-20)19(24)23(13)12-14-3-5-16(25-2)6-4-14/h3-6,11,15,20,22H,7-10,12H2,1-2H3. The zero-order valence-electron chi connectivity index (χ0n) is 15.1. The summed E-state index contributed by atoms with van der Waals surface area (Å²) in [5.41, 5.74) is 1.05. The summed E-state index contributed by atoms with van der Waals surface area (Å²) in [6, 6.07) is 7.78. The second-order valence-electron chi connectivity index (χ2n) is 6.34. The number of anilines is 1. The third kappa shape index (κ3) is 3.94. The van der Waals surface area contributed by atoms with Crippen molar-refractivity contribution in [2.45, 2.75) is 32.4 Å². The number of hydrogen-bond donors (Lipinski definition) is 2. The number of benzene rings is 1. The Morgan fingerprint density at radius 2 is 2.04 bits per heavy atom. The first kappa shape index (κ1) is 18.1. The number of nitrogens with one attached hydrogen (secondary N) is 2. The van der Waals surface area contributed by atoms with E-state index in [4.69, 9.17) is 14.9 Å². The smallest absolute Gasteiger partial charge is 0.264 e. The fraction of sp³-hybridized carbons (Fsp3) is 0.421. The molecule has 1 fully saturated rings. The van der Waals surface area contributed by atoms with Crippen LogP contribution in [0.15, 0.2) is 29.1 Å². The molecule has 7 nitrogen and oxygen atoms in total. The topological polar surface area (TPSA) is 89.2 Å². The summed E-state index contributed by atoms with van der Waals surface area (Å²) in [6.07, 6.45) is 2.82. The van der Waals surface area contributed by atoms with E-state index in [0.717, 1.165) is 30.4 Å². The van der Waals surface area contributed by atoms with Crippen molar-refractivity contribution < 1.29 is 9.47 Å². The van der Waals surface area contributed by atoms with Gasteiger partial charge in [0.25, 0.3) is 5.56 Å². The number of nitrogens with zero attached hydrogens (tertiary/aromatic N) is 2. The zero-order chi connectivity index (χ0) is 18.5. The van der Waals surface area contributed by atoms with Gasteiger partial charge in [0.15, 0.2) is 0 Å². The van der Waals surface area contributed by atoms with Crippen molar-refractivity contribution in [3.05, 3.63) is 51.6 Å². The normalized spacial score (nSPS) is 14.8. The molecule has 1 aliphatic heterocycles. The molecule has 3 rings (SSSR count). The minimum absolute atomic E-state index is 0.210. The highest BCUT2D eigenvalue weighted by atomic mass is 16.5. The Labute approximate surface area is 152 Å². The van der Waals surface area contributed by atoms with Crippen molar-refractivity contribution in [2.75, 3.05) is 25.6 Å². The van der Waals surface area contributed by atoms with Gasteiger partial charge >= 0.3 is 0 Å². The highest BCUT2D eigenvalue weighted by molar-refractivity contribution is 5.83.